The lowest BCUT2D eigenvalue weighted by molar-refractivity contribution is -0.192. The Bertz CT molecular complexity index is 642. The minimum Gasteiger partial charge on any atom is -0.494 e. The molecule has 9 heteroatoms. The fourth-order valence-electron chi connectivity index (χ4n) is 2.20. The molecule has 1 aromatic rings. The second kappa shape index (κ2) is 9.81. The van der Waals surface area contributed by atoms with Gasteiger partial charge < -0.3 is 20.5 Å². The van der Waals surface area contributed by atoms with Crippen LogP contribution in [0.25, 0.3) is 6.08 Å². The van der Waals surface area contributed by atoms with Crippen LogP contribution in [0.15, 0.2) is 29.8 Å². The number of benzene rings is 1. The van der Waals surface area contributed by atoms with E-state index in [0.29, 0.717) is 19.7 Å². The maximum absolute atomic E-state index is 12.0. The Morgan fingerprint density at radius 1 is 1.35 bits per heavy atom. The first-order valence-electron chi connectivity index (χ1n) is 7.92. The number of alkyl halides is 3. The Labute approximate surface area is 149 Å². The molecule has 26 heavy (non-hydrogen) atoms. The van der Waals surface area contributed by atoms with Crippen molar-refractivity contribution < 1.29 is 32.6 Å². The van der Waals surface area contributed by atoms with Crippen molar-refractivity contribution in [3.63, 3.8) is 0 Å². The fourth-order valence-corrected chi connectivity index (χ4v) is 2.20. The quantitative estimate of drug-likeness (QED) is 0.772. The zero-order chi connectivity index (χ0) is 19.7. The van der Waals surface area contributed by atoms with E-state index in [9.17, 15) is 18.0 Å². The van der Waals surface area contributed by atoms with E-state index in [1.54, 1.807) is 4.90 Å². The number of aliphatic carboxylic acids is 1. The molecule has 0 radical (unpaired) electrons. The van der Waals surface area contributed by atoms with Gasteiger partial charge in [-0.3, -0.25) is 4.79 Å². The summed E-state index contributed by atoms with van der Waals surface area (Å²) in [5, 5.41) is 7.12. The summed E-state index contributed by atoms with van der Waals surface area (Å²) >= 11 is 0. The van der Waals surface area contributed by atoms with Crippen LogP contribution in [0, 0.1) is 0 Å². The van der Waals surface area contributed by atoms with Crippen LogP contribution in [-0.2, 0) is 9.59 Å². The van der Waals surface area contributed by atoms with Crippen molar-refractivity contribution in [2.45, 2.75) is 19.5 Å². The van der Waals surface area contributed by atoms with Crippen molar-refractivity contribution in [1.29, 1.82) is 0 Å². The number of ether oxygens (including phenoxy) is 1. The number of hydrogen-bond donors (Lipinski definition) is 2. The summed E-state index contributed by atoms with van der Waals surface area (Å²) in [4.78, 5) is 22.7. The van der Waals surface area contributed by atoms with Crippen molar-refractivity contribution >= 4 is 18.0 Å². The summed E-state index contributed by atoms with van der Waals surface area (Å²) in [5.74, 6) is -1.79. The van der Waals surface area contributed by atoms with Crippen molar-refractivity contribution in [3.8, 4) is 5.75 Å². The molecule has 1 heterocycles. The van der Waals surface area contributed by atoms with Crippen LogP contribution in [0.1, 0.15) is 18.9 Å². The second-order valence-electron chi connectivity index (χ2n) is 5.31. The van der Waals surface area contributed by atoms with E-state index in [1.165, 1.54) is 0 Å². The summed E-state index contributed by atoms with van der Waals surface area (Å²) in [6.07, 6.45) is -2.33. The summed E-state index contributed by atoms with van der Waals surface area (Å²) in [7, 11) is 0. The molecule has 0 spiro atoms. The number of likely N-dealkylation sites (tertiary alicyclic amines) is 1. The van der Waals surface area contributed by atoms with E-state index in [2.05, 4.69) is 0 Å². The van der Waals surface area contributed by atoms with Gasteiger partial charge in [0.1, 0.15) is 5.75 Å². The molecule has 1 aliphatic heterocycles. The monoisotopic (exact) mass is 374 g/mol. The van der Waals surface area contributed by atoms with Gasteiger partial charge in [0, 0.05) is 25.2 Å². The van der Waals surface area contributed by atoms with Crippen molar-refractivity contribution in [3.05, 3.63) is 35.4 Å². The average molecular weight is 374 g/mol. The maximum Gasteiger partial charge on any atom is 0.490 e. The number of amides is 1. The first-order chi connectivity index (χ1) is 12.2. The largest absolute Gasteiger partial charge is 0.494 e. The molecule has 6 nitrogen and oxygen atoms in total. The highest BCUT2D eigenvalue weighted by atomic mass is 19.4. The Hall–Kier alpha value is -2.55. The number of nitrogens with two attached hydrogens (primary N) is 1. The Kier molecular flexibility index (Phi) is 8.11. The molecule has 0 atom stereocenters. The minimum absolute atomic E-state index is 0.110. The summed E-state index contributed by atoms with van der Waals surface area (Å²) in [6.45, 7) is 4.55. The molecule has 3 N–H and O–H groups in total. The molecule has 2 rings (SSSR count). The highest BCUT2D eigenvalue weighted by Crippen LogP contribution is 2.21. The van der Waals surface area contributed by atoms with Gasteiger partial charge in [0.05, 0.1) is 6.61 Å². The van der Waals surface area contributed by atoms with Gasteiger partial charge in [0.15, 0.2) is 0 Å². The van der Waals surface area contributed by atoms with Gasteiger partial charge in [-0.05, 0) is 37.1 Å². The molecule has 1 saturated heterocycles. The van der Waals surface area contributed by atoms with Crippen LogP contribution in [0.4, 0.5) is 13.2 Å². The van der Waals surface area contributed by atoms with Gasteiger partial charge in [-0.2, -0.15) is 13.2 Å². The zero-order valence-corrected chi connectivity index (χ0v) is 14.3. The lowest BCUT2D eigenvalue weighted by atomic mass is 10.1. The Morgan fingerprint density at radius 3 is 2.38 bits per heavy atom. The number of halogens is 3. The first kappa shape index (κ1) is 21.5. The molecule has 1 aliphatic rings. The van der Waals surface area contributed by atoms with Crippen LogP contribution < -0.4 is 10.5 Å². The molecule has 1 amide bonds. The second-order valence-corrected chi connectivity index (χ2v) is 5.31. The predicted molar refractivity (Wildman–Crippen MR) is 89.5 cm³/mol. The molecular formula is C17H21F3N2O4. The van der Waals surface area contributed by atoms with Gasteiger partial charge in [-0.1, -0.05) is 12.1 Å². The van der Waals surface area contributed by atoms with Crippen molar-refractivity contribution in [1.82, 2.24) is 4.90 Å². The lowest BCUT2D eigenvalue weighted by Gasteiger charge is -2.12. The summed E-state index contributed by atoms with van der Waals surface area (Å²) < 4.78 is 37.1. The normalized spacial score (nSPS) is 15.7. The van der Waals surface area contributed by atoms with E-state index in [4.69, 9.17) is 20.4 Å². The van der Waals surface area contributed by atoms with E-state index in [-0.39, 0.29) is 5.91 Å². The lowest BCUT2D eigenvalue weighted by Crippen LogP contribution is -2.30. The van der Waals surface area contributed by atoms with E-state index in [0.717, 1.165) is 29.9 Å². The fraction of sp³-hybridized carbons (Fsp3) is 0.412. The number of rotatable bonds is 5. The van der Waals surface area contributed by atoms with Gasteiger partial charge >= 0.3 is 12.1 Å². The molecule has 0 bridgehead atoms. The van der Waals surface area contributed by atoms with Crippen LogP contribution in [0.2, 0.25) is 0 Å². The molecule has 0 aromatic heterocycles. The molecule has 1 aromatic carbocycles. The van der Waals surface area contributed by atoms with Gasteiger partial charge in [0.25, 0.3) is 0 Å². The molecule has 144 valence electrons. The van der Waals surface area contributed by atoms with Crippen LogP contribution >= 0.6 is 0 Å². The third kappa shape index (κ3) is 6.75. The first-order valence-corrected chi connectivity index (χ1v) is 7.92. The minimum atomic E-state index is -5.08. The van der Waals surface area contributed by atoms with Crippen LogP contribution in [0.5, 0.6) is 5.75 Å². The number of nitrogens with zero attached hydrogens (tertiary/aromatic N) is 1. The topological polar surface area (TPSA) is 92.9 Å². The van der Waals surface area contributed by atoms with Crippen molar-refractivity contribution in [2.75, 3.05) is 26.2 Å². The van der Waals surface area contributed by atoms with Gasteiger partial charge in [0.2, 0.25) is 5.91 Å². The molecule has 1 fully saturated rings. The average Bonchev–Trinajstić information content (AvgIpc) is 2.90. The maximum atomic E-state index is 12.0. The number of carbonyl (C=O) groups is 2. The Balaban J connectivity index is 0.000000412. The summed E-state index contributed by atoms with van der Waals surface area (Å²) in [5.41, 5.74) is 7.37. The molecule has 0 saturated carbocycles. The third-order valence-corrected chi connectivity index (χ3v) is 3.39. The van der Waals surface area contributed by atoms with Gasteiger partial charge in [-0.25, -0.2) is 4.79 Å². The highest BCUT2D eigenvalue weighted by Gasteiger charge is 2.38. The number of hydrogen-bond acceptors (Lipinski definition) is 4. The third-order valence-electron chi connectivity index (χ3n) is 3.39. The highest BCUT2D eigenvalue weighted by molar-refractivity contribution is 5.99. The molecular weight excluding hydrogens is 353 g/mol. The molecule has 0 aliphatic carbocycles. The van der Waals surface area contributed by atoms with Crippen molar-refractivity contribution in [2.24, 2.45) is 5.73 Å². The van der Waals surface area contributed by atoms with E-state index >= 15 is 0 Å². The zero-order valence-electron chi connectivity index (χ0n) is 14.3. The number of carbonyl (C=O) groups excluding carboxylic acids is 1. The van der Waals surface area contributed by atoms with Gasteiger partial charge in [-0.15, -0.1) is 0 Å². The Morgan fingerprint density at radius 2 is 1.92 bits per heavy atom. The summed E-state index contributed by atoms with van der Waals surface area (Å²) in [6, 6.07) is 7.79. The van der Waals surface area contributed by atoms with Crippen LogP contribution in [0.3, 0.4) is 0 Å². The smallest absolute Gasteiger partial charge is 0.490 e. The van der Waals surface area contributed by atoms with E-state index < -0.39 is 12.1 Å². The standard InChI is InChI=1S/C15H20N2O2.C2HF3O2/c1-2-19-14-5-3-12(4-6-14)11-13-7-9-17(10-8-16)15(13)18;3-2(4,5)1(6)7/h3-6,11H,2,7-10,16H2,1H3;(H,6,7)/b13-11+;. The predicted octanol–water partition coefficient (Wildman–Crippen LogP) is 2.29. The number of carboxylic acids is 1. The van der Waals surface area contributed by atoms with Crippen LogP contribution in [-0.4, -0.2) is 54.3 Å². The molecule has 0 unspecified atom stereocenters. The number of carboxylic acid groups (broad SMARTS) is 1. The SMILES string of the molecule is CCOc1ccc(/C=C2\CCN(CCN)C2=O)cc1.O=C(O)C(F)(F)F. The van der Waals surface area contributed by atoms with E-state index in [1.807, 2.05) is 37.3 Å².